The zero-order chi connectivity index (χ0) is 13.2. The van der Waals surface area contributed by atoms with Crippen LogP contribution in [0.5, 0.6) is 0 Å². The Morgan fingerprint density at radius 1 is 1.29 bits per heavy atom. The maximum absolute atomic E-state index is 13.6. The number of halogens is 2. The van der Waals surface area contributed by atoms with E-state index in [2.05, 4.69) is 0 Å². The van der Waals surface area contributed by atoms with E-state index in [1.807, 2.05) is 0 Å². The van der Waals surface area contributed by atoms with Crippen molar-refractivity contribution in [1.82, 2.24) is 4.90 Å². The first kappa shape index (κ1) is 13.6. The van der Waals surface area contributed by atoms with Crippen molar-refractivity contribution < 1.29 is 18.7 Å². The summed E-state index contributed by atoms with van der Waals surface area (Å²) >= 11 is 0. The lowest BCUT2D eigenvalue weighted by atomic mass is 10.0. The van der Waals surface area contributed by atoms with Gasteiger partial charge in [-0.15, -0.1) is 0 Å². The van der Waals surface area contributed by atoms with E-state index in [1.165, 1.54) is 26.2 Å². The Bertz CT molecular complexity index is 401. The summed E-state index contributed by atoms with van der Waals surface area (Å²) < 4.78 is 27.2. The summed E-state index contributed by atoms with van der Waals surface area (Å²) in [4.78, 5) is 12.0. The molecule has 3 nitrogen and oxygen atoms in total. The second kappa shape index (κ2) is 4.79. The van der Waals surface area contributed by atoms with Gasteiger partial charge in [0.25, 0.3) is 5.91 Å². The van der Waals surface area contributed by atoms with Crippen molar-refractivity contribution in [3.05, 3.63) is 35.4 Å². The second-order valence-electron chi connectivity index (χ2n) is 4.14. The molecule has 0 aliphatic rings. The Kier molecular flexibility index (Phi) is 3.83. The van der Waals surface area contributed by atoms with Crippen molar-refractivity contribution in [2.24, 2.45) is 0 Å². The molecule has 0 spiro atoms. The van der Waals surface area contributed by atoms with Crippen LogP contribution in [0.25, 0.3) is 0 Å². The fourth-order valence-electron chi connectivity index (χ4n) is 1.37. The van der Waals surface area contributed by atoms with Crippen molar-refractivity contribution in [3.8, 4) is 0 Å². The van der Waals surface area contributed by atoms with E-state index in [1.54, 1.807) is 19.1 Å². The molecule has 17 heavy (non-hydrogen) atoms. The van der Waals surface area contributed by atoms with Crippen molar-refractivity contribution in [1.29, 1.82) is 0 Å². The Balaban J connectivity index is 2.99. The van der Waals surface area contributed by atoms with Crippen LogP contribution < -0.4 is 0 Å². The third-order valence-electron chi connectivity index (χ3n) is 2.43. The fraction of sp³-hybridized carbons (Fsp3) is 0.417. The smallest absolute Gasteiger partial charge is 0.353 e. The number of alkyl halides is 2. The van der Waals surface area contributed by atoms with Gasteiger partial charge in [0.2, 0.25) is 0 Å². The average molecular weight is 243 g/mol. The molecule has 1 aromatic rings. The molecule has 1 amide bonds. The van der Waals surface area contributed by atoms with Gasteiger partial charge in [-0.05, 0) is 12.5 Å². The molecule has 0 fully saturated rings. The van der Waals surface area contributed by atoms with Crippen molar-refractivity contribution in [2.75, 3.05) is 14.1 Å². The van der Waals surface area contributed by atoms with Crippen LogP contribution in [0.3, 0.4) is 0 Å². The zero-order valence-corrected chi connectivity index (χ0v) is 9.95. The quantitative estimate of drug-likeness (QED) is 0.878. The molecule has 1 atom stereocenters. The summed E-state index contributed by atoms with van der Waals surface area (Å²) in [7, 11) is 2.44. The highest BCUT2D eigenvalue weighted by Gasteiger charge is 2.48. The largest absolute Gasteiger partial charge is 0.381 e. The Hall–Kier alpha value is -1.49. The van der Waals surface area contributed by atoms with Crippen LogP contribution in [0.2, 0.25) is 0 Å². The maximum Gasteiger partial charge on any atom is 0.353 e. The number of aliphatic hydroxyl groups is 1. The van der Waals surface area contributed by atoms with Crippen LogP contribution in [0, 0.1) is 6.92 Å². The minimum Gasteiger partial charge on any atom is -0.381 e. The molecule has 0 aliphatic carbocycles. The minimum atomic E-state index is -3.82. The van der Waals surface area contributed by atoms with Crippen LogP contribution in [0.1, 0.15) is 17.2 Å². The molecule has 1 aromatic carbocycles. The molecule has 0 bridgehead atoms. The van der Waals surface area contributed by atoms with E-state index in [-0.39, 0.29) is 5.56 Å². The highest BCUT2D eigenvalue weighted by molar-refractivity contribution is 5.83. The molecule has 1 N–H and O–H groups in total. The molecular weight excluding hydrogens is 228 g/mol. The summed E-state index contributed by atoms with van der Waals surface area (Å²) in [5.41, 5.74) is 0.916. The number of amides is 1. The third kappa shape index (κ3) is 2.79. The molecule has 0 heterocycles. The average Bonchev–Trinajstić information content (AvgIpc) is 2.27. The monoisotopic (exact) mass is 243 g/mol. The van der Waals surface area contributed by atoms with Gasteiger partial charge in [-0.25, -0.2) is 0 Å². The summed E-state index contributed by atoms with van der Waals surface area (Å²) in [5.74, 6) is -5.23. The number of carbonyl (C=O) groups is 1. The number of aliphatic hydroxyl groups excluding tert-OH is 1. The van der Waals surface area contributed by atoms with E-state index in [0.717, 1.165) is 10.5 Å². The van der Waals surface area contributed by atoms with Crippen LogP contribution >= 0.6 is 0 Å². The molecule has 0 radical (unpaired) electrons. The lowest BCUT2D eigenvalue weighted by Gasteiger charge is -2.24. The number of hydrogen-bond acceptors (Lipinski definition) is 2. The van der Waals surface area contributed by atoms with Crippen molar-refractivity contribution >= 4 is 5.91 Å². The molecule has 94 valence electrons. The number of benzene rings is 1. The molecular formula is C12H15F2NO2. The molecule has 0 aromatic heterocycles. The Morgan fingerprint density at radius 2 is 1.76 bits per heavy atom. The summed E-state index contributed by atoms with van der Waals surface area (Å²) in [6.45, 7) is 1.80. The van der Waals surface area contributed by atoms with E-state index in [4.69, 9.17) is 0 Å². The first-order valence-corrected chi connectivity index (χ1v) is 5.11. The number of nitrogens with zero attached hydrogens (tertiary/aromatic N) is 1. The van der Waals surface area contributed by atoms with Gasteiger partial charge in [-0.2, -0.15) is 8.78 Å². The highest BCUT2D eigenvalue weighted by Crippen LogP contribution is 2.32. The van der Waals surface area contributed by atoms with Gasteiger partial charge in [0.15, 0.2) is 6.10 Å². The van der Waals surface area contributed by atoms with E-state index in [0.29, 0.717) is 0 Å². The third-order valence-corrected chi connectivity index (χ3v) is 2.43. The van der Waals surface area contributed by atoms with Gasteiger partial charge in [0, 0.05) is 14.1 Å². The number of aryl methyl sites for hydroxylation is 1. The van der Waals surface area contributed by atoms with Crippen LogP contribution in [0.4, 0.5) is 8.78 Å². The topological polar surface area (TPSA) is 40.5 Å². The Labute approximate surface area is 98.7 Å². The van der Waals surface area contributed by atoms with Gasteiger partial charge < -0.3 is 10.0 Å². The summed E-state index contributed by atoms with van der Waals surface area (Å²) in [6, 6.07) is 5.98. The molecule has 5 heteroatoms. The van der Waals surface area contributed by atoms with Crippen LogP contribution in [-0.4, -0.2) is 35.9 Å². The molecule has 1 unspecified atom stereocenters. The summed E-state index contributed by atoms with van der Waals surface area (Å²) in [5, 5.41) is 9.56. The van der Waals surface area contributed by atoms with Gasteiger partial charge in [0.05, 0.1) is 0 Å². The van der Waals surface area contributed by atoms with Gasteiger partial charge in [-0.1, -0.05) is 29.8 Å². The van der Waals surface area contributed by atoms with Crippen LogP contribution in [-0.2, 0) is 4.79 Å². The number of hydrogen-bond donors (Lipinski definition) is 1. The number of carbonyl (C=O) groups excluding carboxylic acids is 1. The van der Waals surface area contributed by atoms with E-state index < -0.39 is 17.9 Å². The molecule has 0 saturated heterocycles. The normalized spacial score (nSPS) is 13.3. The van der Waals surface area contributed by atoms with Crippen LogP contribution in [0.15, 0.2) is 24.3 Å². The standard InChI is InChI=1S/C12H15F2NO2/c1-8-4-6-9(7-5-8)10(16)12(13,14)11(17)15(2)3/h4-7,10,16H,1-3H3. The lowest BCUT2D eigenvalue weighted by Crippen LogP contribution is -2.43. The number of rotatable bonds is 3. The molecule has 0 saturated carbocycles. The predicted molar refractivity (Wildman–Crippen MR) is 59.8 cm³/mol. The van der Waals surface area contributed by atoms with Gasteiger partial charge in [0.1, 0.15) is 0 Å². The van der Waals surface area contributed by atoms with Crippen molar-refractivity contribution in [3.63, 3.8) is 0 Å². The van der Waals surface area contributed by atoms with Gasteiger partial charge in [-0.3, -0.25) is 4.79 Å². The second-order valence-corrected chi connectivity index (χ2v) is 4.14. The Morgan fingerprint density at radius 3 is 2.18 bits per heavy atom. The first-order chi connectivity index (χ1) is 7.76. The lowest BCUT2D eigenvalue weighted by molar-refractivity contribution is -0.173. The maximum atomic E-state index is 13.6. The van der Waals surface area contributed by atoms with Gasteiger partial charge >= 0.3 is 5.92 Å². The van der Waals surface area contributed by atoms with Crippen molar-refractivity contribution in [2.45, 2.75) is 19.0 Å². The fourth-order valence-corrected chi connectivity index (χ4v) is 1.37. The minimum absolute atomic E-state index is 0.0239. The predicted octanol–water partition coefficient (Wildman–Crippen LogP) is 1.75. The highest BCUT2D eigenvalue weighted by atomic mass is 19.3. The zero-order valence-electron chi connectivity index (χ0n) is 9.95. The first-order valence-electron chi connectivity index (χ1n) is 5.11. The molecule has 1 rings (SSSR count). The van der Waals surface area contributed by atoms with E-state index in [9.17, 15) is 18.7 Å². The van der Waals surface area contributed by atoms with E-state index >= 15 is 0 Å². The summed E-state index contributed by atoms with van der Waals surface area (Å²) in [6.07, 6.45) is -2.13. The SMILES string of the molecule is Cc1ccc(C(O)C(F)(F)C(=O)N(C)C)cc1. The molecule has 0 aliphatic heterocycles.